The second-order valence-electron chi connectivity index (χ2n) is 4.99. The molecule has 0 unspecified atom stereocenters. The summed E-state index contributed by atoms with van der Waals surface area (Å²) in [4.78, 5) is 20.5. The fourth-order valence-electron chi connectivity index (χ4n) is 2.60. The van der Waals surface area contributed by atoms with Crippen molar-refractivity contribution in [2.24, 2.45) is 0 Å². The summed E-state index contributed by atoms with van der Waals surface area (Å²) in [7, 11) is 0. The Morgan fingerprint density at radius 1 is 1.52 bits per heavy atom. The topological polar surface area (TPSA) is 82.2 Å². The van der Waals surface area contributed by atoms with Crippen molar-refractivity contribution in [2.75, 3.05) is 6.61 Å². The van der Waals surface area contributed by atoms with E-state index in [1.807, 2.05) is 17.7 Å². The normalized spacial score (nSPS) is 21.6. The molecule has 1 saturated heterocycles. The van der Waals surface area contributed by atoms with E-state index in [2.05, 4.69) is 15.3 Å². The maximum absolute atomic E-state index is 12.2. The Morgan fingerprint density at radius 2 is 2.38 bits per heavy atom. The average Bonchev–Trinajstić information content (AvgIpc) is 3.17. The fourth-order valence-corrected chi connectivity index (χ4v) is 2.60. The number of oxazole rings is 1. The van der Waals surface area contributed by atoms with Crippen LogP contribution in [0.3, 0.4) is 0 Å². The molecule has 0 spiro atoms. The first-order chi connectivity index (χ1) is 10.2. The molecule has 7 heteroatoms. The Kier molecular flexibility index (Phi) is 3.74. The van der Waals surface area contributed by atoms with Crippen LogP contribution in [0.25, 0.3) is 0 Å². The van der Waals surface area contributed by atoms with Crippen LogP contribution in [0.4, 0.5) is 0 Å². The third kappa shape index (κ3) is 2.56. The Labute approximate surface area is 122 Å². The number of amides is 1. The van der Waals surface area contributed by atoms with Crippen LogP contribution >= 0.6 is 0 Å². The Bertz CT molecular complexity index is 634. The van der Waals surface area contributed by atoms with Gasteiger partial charge in [-0.15, -0.1) is 0 Å². The number of ether oxygens (including phenoxy) is 1. The minimum absolute atomic E-state index is 0.110. The van der Waals surface area contributed by atoms with Gasteiger partial charge >= 0.3 is 0 Å². The summed E-state index contributed by atoms with van der Waals surface area (Å²) >= 11 is 0. The van der Waals surface area contributed by atoms with E-state index in [1.54, 1.807) is 13.1 Å². The molecule has 0 aliphatic carbocycles. The van der Waals surface area contributed by atoms with Gasteiger partial charge in [0.1, 0.15) is 17.7 Å². The number of carbonyl (C=O) groups excluding carboxylic acids is 1. The van der Waals surface area contributed by atoms with Gasteiger partial charge in [-0.1, -0.05) is 0 Å². The van der Waals surface area contributed by atoms with Gasteiger partial charge in [-0.25, -0.2) is 9.97 Å². The first-order valence-corrected chi connectivity index (χ1v) is 7.04. The molecule has 2 atom stereocenters. The summed E-state index contributed by atoms with van der Waals surface area (Å²) < 4.78 is 12.8. The van der Waals surface area contributed by atoms with E-state index in [1.165, 1.54) is 6.39 Å². The number of nitrogens with one attached hydrogen (secondary N) is 1. The highest BCUT2D eigenvalue weighted by Crippen LogP contribution is 2.28. The van der Waals surface area contributed by atoms with Gasteiger partial charge in [-0.3, -0.25) is 4.79 Å². The monoisotopic (exact) mass is 290 g/mol. The van der Waals surface area contributed by atoms with Crippen LogP contribution in [0.1, 0.15) is 41.5 Å². The molecule has 0 bridgehead atoms. The Hall–Kier alpha value is -2.15. The predicted molar refractivity (Wildman–Crippen MR) is 73.7 cm³/mol. The zero-order chi connectivity index (χ0) is 14.8. The minimum atomic E-state index is -0.239. The molecule has 3 rings (SSSR count). The highest BCUT2D eigenvalue weighted by atomic mass is 16.5. The van der Waals surface area contributed by atoms with Gasteiger partial charge in [-0.2, -0.15) is 0 Å². The molecule has 3 heterocycles. The summed E-state index contributed by atoms with van der Waals surface area (Å²) in [5.41, 5.74) is 0.319. The number of nitrogens with zero attached hydrogens (tertiary/aromatic N) is 3. The first kappa shape index (κ1) is 13.8. The van der Waals surface area contributed by atoms with Crippen LogP contribution < -0.4 is 5.32 Å². The third-order valence-corrected chi connectivity index (χ3v) is 3.71. The van der Waals surface area contributed by atoms with Crippen molar-refractivity contribution in [1.82, 2.24) is 19.9 Å². The van der Waals surface area contributed by atoms with Crippen molar-refractivity contribution < 1.29 is 13.9 Å². The van der Waals surface area contributed by atoms with E-state index in [-0.39, 0.29) is 18.1 Å². The van der Waals surface area contributed by atoms with Gasteiger partial charge < -0.3 is 19.0 Å². The molecule has 1 aliphatic rings. The maximum Gasteiger partial charge on any atom is 0.273 e. The molecule has 0 saturated carbocycles. The lowest BCUT2D eigenvalue weighted by molar-refractivity contribution is 0.0772. The van der Waals surface area contributed by atoms with Crippen LogP contribution in [0.5, 0.6) is 0 Å². The highest BCUT2D eigenvalue weighted by molar-refractivity contribution is 5.93. The number of hydrogen-bond donors (Lipinski definition) is 1. The summed E-state index contributed by atoms with van der Waals surface area (Å²) in [6, 6.07) is -0.110. The molecule has 7 nitrogen and oxygen atoms in total. The van der Waals surface area contributed by atoms with E-state index in [4.69, 9.17) is 9.15 Å². The van der Waals surface area contributed by atoms with E-state index in [9.17, 15) is 4.79 Å². The number of aryl methyl sites for hydroxylation is 2. The molecular formula is C14H18N4O3. The number of rotatable bonds is 4. The molecule has 0 aromatic carbocycles. The molecule has 1 amide bonds. The van der Waals surface area contributed by atoms with Gasteiger partial charge in [0.05, 0.1) is 6.04 Å². The van der Waals surface area contributed by atoms with Gasteiger partial charge in [-0.05, 0) is 20.3 Å². The lowest BCUT2D eigenvalue weighted by Gasteiger charge is -2.19. The molecule has 1 aliphatic heterocycles. The van der Waals surface area contributed by atoms with E-state index in [0.717, 1.165) is 18.8 Å². The molecule has 112 valence electrons. The van der Waals surface area contributed by atoms with Crippen molar-refractivity contribution in [3.8, 4) is 0 Å². The van der Waals surface area contributed by atoms with Gasteiger partial charge in [0.25, 0.3) is 5.91 Å². The van der Waals surface area contributed by atoms with Crippen molar-refractivity contribution in [1.29, 1.82) is 0 Å². The molecular weight excluding hydrogens is 272 g/mol. The van der Waals surface area contributed by atoms with E-state index in [0.29, 0.717) is 18.1 Å². The SMILES string of the molecule is CCn1ccnc1[C@H]1OCC[C@@H]1NC(=O)c1ncoc1C. The second-order valence-corrected chi connectivity index (χ2v) is 4.99. The first-order valence-electron chi connectivity index (χ1n) is 7.04. The van der Waals surface area contributed by atoms with Gasteiger partial charge in [0.15, 0.2) is 12.1 Å². The second kappa shape index (κ2) is 5.69. The number of imidazole rings is 1. The molecule has 1 N–H and O–H groups in total. The molecule has 1 fully saturated rings. The number of hydrogen-bond acceptors (Lipinski definition) is 5. The standard InChI is InChI=1S/C14H18N4O3/c1-3-18-6-5-15-13(18)12-10(4-7-20-12)17-14(19)11-9(2)21-8-16-11/h5-6,8,10,12H,3-4,7H2,1-2H3,(H,17,19)/t10-,12-/m0/s1. The number of carbonyl (C=O) groups is 1. The van der Waals surface area contributed by atoms with Crippen LogP contribution in [-0.2, 0) is 11.3 Å². The lowest BCUT2D eigenvalue weighted by Crippen LogP contribution is -2.38. The van der Waals surface area contributed by atoms with Crippen LogP contribution in [0.15, 0.2) is 23.2 Å². The third-order valence-electron chi connectivity index (χ3n) is 3.71. The Morgan fingerprint density at radius 3 is 3.10 bits per heavy atom. The van der Waals surface area contributed by atoms with Crippen molar-refractivity contribution in [2.45, 2.75) is 39.0 Å². The quantitative estimate of drug-likeness (QED) is 0.921. The zero-order valence-corrected chi connectivity index (χ0v) is 12.1. The lowest BCUT2D eigenvalue weighted by atomic mass is 10.1. The van der Waals surface area contributed by atoms with Crippen molar-refractivity contribution in [3.05, 3.63) is 36.1 Å². The van der Waals surface area contributed by atoms with Crippen LogP contribution in [-0.4, -0.2) is 33.1 Å². The highest BCUT2D eigenvalue weighted by Gasteiger charge is 2.34. The maximum atomic E-state index is 12.2. The molecule has 21 heavy (non-hydrogen) atoms. The van der Waals surface area contributed by atoms with Gasteiger partial charge in [0, 0.05) is 25.5 Å². The van der Waals surface area contributed by atoms with E-state index < -0.39 is 0 Å². The Balaban J connectivity index is 1.76. The molecule has 2 aromatic rings. The summed E-state index contributed by atoms with van der Waals surface area (Å²) in [6.07, 6.45) is 5.47. The fraction of sp³-hybridized carbons (Fsp3) is 0.500. The van der Waals surface area contributed by atoms with Crippen LogP contribution in [0.2, 0.25) is 0 Å². The zero-order valence-electron chi connectivity index (χ0n) is 12.1. The predicted octanol–water partition coefficient (Wildman–Crippen LogP) is 1.46. The van der Waals surface area contributed by atoms with Gasteiger partial charge in [0.2, 0.25) is 0 Å². The van der Waals surface area contributed by atoms with Crippen LogP contribution in [0, 0.1) is 6.92 Å². The van der Waals surface area contributed by atoms with E-state index >= 15 is 0 Å². The largest absolute Gasteiger partial charge is 0.448 e. The molecule has 0 radical (unpaired) electrons. The van der Waals surface area contributed by atoms with Crippen molar-refractivity contribution >= 4 is 5.91 Å². The number of aromatic nitrogens is 3. The summed E-state index contributed by atoms with van der Waals surface area (Å²) in [5.74, 6) is 1.12. The van der Waals surface area contributed by atoms with Crippen molar-refractivity contribution in [3.63, 3.8) is 0 Å². The minimum Gasteiger partial charge on any atom is -0.448 e. The molecule has 2 aromatic heterocycles. The summed E-state index contributed by atoms with van der Waals surface area (Å²) in [6.45, 7) is 5.18. The smallest absolute Gasteiger partial charge is 0.273 e. The summed E-state index contributed by atoms with van der Waals surface area (Å²) in [5, 5.41) is 2.97. The average molecular weight is 290 g/mol.